The Morgan fingerprint density at radius 1 is 1.22 bits per heavy atom. The van der Waals surface area contributed by atoms with Crippen molar-refractivity contribution in [2.45, 2.75) is 6.04 Å². The maximum absolute atomic E-state index is 6.20. The van der Waals surface area contributed by atoms with Gasteiger partial charge in [0.05, 0.1) is 26.0 Å². The number of benzene rings is 1. The fraction of sp³-hybridized carbons (Fsp3) is 0.308. The Bertz CT molecular complexity index is 537. The molecule has 0 aliphatic carbocycles. The molecule has 18 heavy (non-hydrogen) atoms. The van der Waals surface area contributed by atoms with Crippen LogP contribution in [-0.4, -0.2) is 24.0 Å². The first-order valence-corrected chi connectivity index (χ1v) is 5.62. The molecule has 2 aromatic rings. The van der Waals surface area contributed by atoms with Crippen LogP contribution in [0.5, 0.6) is 11.5 Å². The first-order valence-electron chi connectivity index (χ1n) is 5.62. The Morgan fingerprint density at radius 3 is 2.56 bits per heavy atom. The van der Waals surface area contributed by atoms with Crippen LogP contribution in [0.1, 0.15) is 17.3 Å². The van der Waals surface area contributed by atoms with Crippen LogP contribution >= 0.6 is 0 Å². The zero-order valence-corrected chi connectivity index (χ0v) is 10.8. The smallest absolute Gasteiger partial charge is 0.127 e. The summed E-state index contributed by atoms with van der Waals surface area (Å²) in [5, 5.41) is 4.31. The third kappa shape index (κ3) is 2.31. The monoisotopic (exact) mass is 247 g/mol. The molecule has 0 spiro atoms. The van der Waals surface area contributed by atoms with Crippen LogP contribution in [0.15, 0.2) is 30.5 Å². The zero-order chi connectivity index (χ0) is 13.1. The molecule has 0 amide bonds. The number of nitrogens with zero attached hydrogens (tertiary/aromatic N) is 2. The molecule has 5 nitrogen and oxygen atoms in total. The minimum absolute atomic E-state index is 0.313. The average molecular weight is 247 g/mol. The number of nitrogens with two attached hydrogens (primary N) is 1. The molecule has 1 heterocycles. The van der Waals surface area contributed by atoms with Crippen LogP contribution < -0.4 is 15.2 Å². The van der Waals surface area contributed by atoms with Crippen molar-refractivity contribution in [1.82, 2.24) is 9.78 Å². The summed E-state index contributed by atoms with van der Waals surface area (Å²) >= 11 is 0. The molecule has 0 saturated carbocycles. The molecule has 1 atom stereocenters. The molecular formula is C13H17N3O2. The summed E-state index contributed by atoms with van der Waals surface area (Å²) < 4.78 is 12.2. The molecule has 0 bridgehead atoms. The molecular weight excluding hydrogens is 230 g/mol. The summed E-state index contributed by atoms with van der Waals surface area (Å²) in [4.78, 5) is 0. The highest BCUT2D eigenvalue weighted by atomic mass is 16.5. The van der Waals surface area contributed by atoms with Crippen molar-refractivity contribution >= 4 is 0 Å². The van der Waals surface area contributed by atoms with E-state index in [1.807, 2.05) is 37.5 Å². The van der Waals surface area contributed by atoms with Crippen molar-refractivity contribution in [1.29, 1.82) is 0 Å². The molecule has 96 valence electrons. The topological polar surface area (TPSA) is 62.3 Å². The minimum Gasteiger partial charge on any atom is -0.497 e. The normalized spacial score (nSPS) is 12.2. The molecule has 2 rings (SSSR count). The molecule has 0 fully saturated rings. The maximum Gasteiger partial charge on any atom is 0.127 e. The van der Waals surface area contributed by atoms with Gasteiger partial charge in [-0.25, -0.2) is 0 Å². The van der Waals surface area contributed by atoms with Gasteiger partial charge in [0.1, 0.15) is 11.5 Å². The van der Waals surface area contributed by atoms with E-state index in [0.717, 1.165) is 17.0 Å². The highest BCUT2D eigenvalue weighted by molar-refractivity contribution is 5.44. The van der Waals surface area contributed by atoms with E-state index in [9.17, 15) is 0 Å². The van der Waals surface area contributed by atoms with Crippen LogP contribution in [-0.2, 0) is 7.05 Å². The van der Waals surface area contributed by atoms with E-state index in [1.54, 1.807) is 18.9 Å². The fourth-order valence-corrected chi connectivity index (χ4v) is 1.83. The molecule has 2 N–H and O–H groups in total. The van der Waals surface area contributed by atoms with E-state index < -0.39 is 0 Å². The van der Waals surface area contributed by atoms with Crippen LogP contribution in [0.3, 0.4) is 0 Å². The van der Waals surface area contributed by atoms with E-state index in [2.05, 4.69) is 5.10 Å². The standard InChI is InChI=1S/C13H17N3O2/c1-16-7-6-11(15-16)13(14)10-5-4-9(17-2)8-12(10)18-3/h4-8,13H,14H2,1-3H3. The first-order chi connectivity index (χ1) is 8.65. The number of rotatable bonds is 4. The van der Waals surface area contributed by atoms with Crippen molar-refractivity contribution in [2.75, 3.05) is 14.2 Å². The Morgan fingerprint density at radius 2 is 2.00 bits per heavy atom. The largest absolute Gasteiger partial charge is 0.497 e. The van der Waals surface area contributed by atoms with Crippen molar-refractivity contribution in [3.8, 4) is 11.5 Å². The van der Waals surface area contributed by atoms with Crippen molar-refractivity contribution in [3.05, 3.63) is 41.7 Å². The molecule has 1 aromatic heterocycles. The van der Waals surface area contributed by atoms with Gasteiger partial charge < -0.3 is 15.2 Å². The van der Waals surface area contributed by atoms with E-state index in [4.69, 9.17) is 15.2 Å². The molecule has 0 radical (unpaired) electrons. The van der Waals surface area contributed by atoms with E-state index >= 15 is 0 Å². The molecule has 1 aromatic carbocycles. The summed E-state index contributed by atoms with van der Waals surface area (Å²) in [6.45, 7) is 0. The summed E-state index contributed by atoms with van der Waals surface area (Å²) in [6.07, 6.45) is 1.87. The van der Waals surface area contributed by atoms with Gasteiger partial charge in [-0.05, 0) is 18.2 Å². The SMILES string of the molecule is COc1ccc(C(N)c2ccn(C)n2)c(OC)c1. The van der Waals surface area contributed by atoms with Gasteiger partial charge >= 0.3 is 0 Å². The molecule has 5 heteroatoms. The number of aromatic nitrogens is 2. The van der Waals surface area contributed by atoms with Gasteiger partial charge in [0.2, 0.25) is 0 Å². The highest BCUT2D eigenvalue weighted by Gasteiger charge is 2.16. The predicted molar refractivity (Wildman–Crippen MR) is 68.8 cm³/mol. The Hall–Kier alpha value is -2.01. The summed E-state index contributed by atoms with van der Waals surface area (Å²) in [6, 6.07) is 7.16. The Labute approximate surface area is 106 Å². The maximum atomic E-state index is 6.20. The van der Waals surface area contributed by atoms with Crippen LogP contribution in [0, 0.1) is 0 Å². The minimum atomic E-state index is -0.313. The molecule has 1 unspecified atom stereocenters. The predicted octanol–water partition coefficient (Wildman–Crippen LogP) is 1.49. The molecule has 0 aliphatic rings. The lowest BCUT2D eigenvalue weighted by atomic mass is 10.0. The second-order valence-corrected chi connectivity index (χ2v) is 4.00. The third-order valence-electron chi connectivity index (χ3n) is 2.83. The lowest BCUT2D eigenvalue weighted by Crippen LogP contribution is -2.14. The second kappa shape index (κ2) is 5.10. The first kappa shape index (κ1) is 12.4. The zero-order valence-electron chi connectivity index (χ0n) is 10.8. The van der Waals surface area contributed by atoms with Gasteiger partial charge in [0, 0.05) is 24.9 Å². The lowest BCUT2D eigenvalue weighted by Gasteiger charge is -2.14. The Balaban J connectivity index is 2.38. The number of hydrogen-bond acceptors (Lipinski definition) is 4. The van der Waals surface area contributed by atoms with Gasteiger partial charge in [-0.15, -0.1) is 0 Å². The number of aryl methyl sites for hydroxylation is 1. The van der Waals surface area contributed by atoms with Gasteiger partial charge in [-0.1, -0.05) is 0 Å². The lowest BCUT2D eigenvalue weighted by molar-refractivity contribution is 0.389. The second-order valence-electron chi connectivity index (χ2n) is 4.00. The summed E-state index contributed by atoms with van der Waals surface area (Å²) in [7, 11) is 5.10. The van der Waals surface area contributed by atoms with Crippen molar-refractivity contribution < 1.29 is 9.47 Å². The summed E-state index contributed by atoms with van der Waals surface area (Å²) in [5.74, 6) is 1.44. The quantitative estimate of drug-likeness (QED) is 0.889. The fourth-order valence-electron chi connectivity index (χ4n) is 1.83. The summed E-state index contributed by atoms with van der Waals surface area (Å²) in [5.41, 5.74) is 7.89. The van der Waals surface area contributed by atoms with Gasteiger partial charge in [0.15, 0.2) is 0 Å². The van der Waals surface area contributed by atoms with Gasteiger partial charge in [0.25, 0.3) is 0 Å². The number of hydrogen-bond donors (Lipinski definition) is 1. The van der Waals surface area contributed by atoms with Gasteiger partial charge in [-0.2, -0.15) is 5.10 Å². The number of methoxy groups -OCH3 is 2. The van der Waals surface area contributed by atoms with Gasteiger partial charge in [-0.3, -0.25) is 4.68 Å². The number of ether oxygens (including phenoxy) is 2. The third-order valence-corrected chi connectivity index (χ3v) is 2.83. The molecule has 0 saturated heterocycles. The average Bonchev–Trinajstić information content (AvgIpc) is 2.83. The van der Waals surface area contributed by atoms with Crippen LogP contribution in [0.25, 0.3) is 0 Å². The van der Waals surface area contributed by atoms with Crippen LogP contribution in [0.2, 0.25) is 0 Å². The van der Waals surface area contributed by atoms with E-state index in [-0.39, 0.29) is 6.04 Å². The van der Waals surface area contributed by atoms with E-state index in [0.29, 0.717) is 5.75 Å². The molecule has 0 aliphatic heterocycles. The van der Waals surface area contributed by atoms with Crippen molar-refractivity contribution in [2.24, 2.45) is 12.8 Å². The van der Waals surface area contributed by atoms with Crippen molar-refractivity contribution in [3.63, 3.8) is 0 Å². The Kier molecular flexibility index (Phi) is 3.53. The van der Waals surface area contributed by atoms with E-state index in [1.165, 1.54) is 0 Å². The highest BCUT2D eigenvalue weighted by Crippen LogP contribution is 2.30. The van der Waals surface area contributed by atoms with Crippen LogP contribution in [0.4, 0.5) is 0 Å².